The van der Waals surface area contributed by atoms with E-state index in [2.05, 4.69) is 0 Å². The van der Waals surface area contributed by atoms with Crippen molar-refractivity contribution in [2.24, 2.45) is 0 Å². The standard InChI is InChI=1S/C11H15NO3S/c1-2-15-11(14)9-7-8(12)3-4-10(9)16-6-5-13/h3-4,7,13H,2,5-6,12H2,1H3. The van der Waals surface area contributed by atoms with Gasteiger partial charge in [0.05, 0.1) is 18.8 Å². The summed E-state index contributed by atoms with van der Waals surface area (Å²) in [5.74, 6) is 0.159. The molecule has 0 saturated heterocycles. The Morgan fingerprint density at radius 2 is 2.31 bits per heavy atom. The van der Waals surface area contributed by atoms with Gasteiger partial charge in [0, 0.05) is 16.3 Å². The van der Waals surface area contributed by atoms with Crippen LogP contribution in [0.15, 0.2) is 23.1 Å². The highest BCUT2D eigenvalue weighted by molar-refractivity contribution is 7.99. The lowest BCUT2D eigenvalue weighted by molar-refractivity contribution is 0.0522. The van der Waals surface area contributed by atoms with Crippen molar-refractivity contribution >= 4 is 23.4 Å². The summed E-state index contributed by atoms with van der Waals surface area (Å²) in [7, 11) is 0. The largest absolute Gasteiger partial charge is 0.462 e. The van der Waals surface area contributed by atoms with Gasteiger partial charge in [0.1, 0.15) is 0 Å². The monoisotopic (exact) mass is 241 g/mol. The van der Waals surface area contributed by atoms with Crippen LogP contribution in [0.5, 0.6) is 0 Å². The van der Waals surface area contributed by atoms with Crippen LogP contribution in [0.1, 0.15) is 17.3 Å². The number of carbonyl (C=O) groups excluding carboxylic acids is 1. The normalized spacial score (nSPS) is 10.1. The minimum atomic E-state index is -0.379. The lowest BCUT2D eigenvalue weighted by Gasteiger charge is -2.08. The molecule has 0 aliphatic carbocycles. The number of nitrogen functional groups attached to an aromatic ring is 1. The van der Waals surface area contributed by atoms with Gasteiger partial charge in [-0.05, 0) is 25.1 Å². The minimum Gasteiger partial charge on any atom is -0.462 e. The van der Waals surface area contributed by atoms with Crippen LogP contribution >= 0.6 is 11.8 Å². The molecule has 0 atom stereocenters. The van der Waals surface area contributed by atoms with Gasteiger partial charge < -0.3 is 15.6 Å². The first-order chi connectivity index (χ1) is 7.69. The summed E-state index contributed by atoms with van der Waals surface area (Å²) < 4.78 is 4.93. The van der Waals surface area contributed by atoms with Crippen LogP contribution < -0.4 is 5.73 Å². The minimum absolute atomic E-state index is 0.0668. The van der Waals surface area contributed by atoms with Crippen molar-refractivity contribution in [2.75, 3.05) is 24.7 Å². The Labute approximate surface area is 98.8 Å². The number of thioether (sulfide) groups is 1. The lowest BCUT2D eigenvalue weighted by atomic mass is 10.2. The molecule has 0 unspecified atom stereocenters. The van der Waals surface area contributed by atoms with E-state index in [9.17, 15) is 4.79 Å². The zero-order chi connectivity index (χ0) is 12.0. The predicted molar refractivity (Wildman–Crippen MR) is 64.6 cm³/mol. The van der Waals surface area contributed by atoms with Crippen molar-refractivity contribution in [3.63, 3.8) is 0 Å². The molecule has 0 aromatic heterocycles. The summed E-state index contributed by atoms with van der Waals surface area (Å²) >= 11 is 1.40. The van der Waals surface area contributed by atoms with Gasteiger partial charge in [-0.2, -0.15) is 0 Å². The Balaban J connectivity index is 2.93. The number of benzene rings is 1. The Morgan fingerprint density at radius 1 is 1.56 bits per heavy atom. The van der Waals surface area contributed by atoms with E-state index < -0.39 is 0 Å². The number of rotatable bonds is 5. The molecule has 16 heavy (non-hydrogen) atoms. The van der Waals surface area contributed by atoms with E-state index in [4.69, 9.17) is 15.6 Å². The van der Waals surface area contributed by atoms with Gasteiger partial charge >= 0.3 is 5.97 Å². The van der Waals surface area contributed by atoms with Gasteiger partial charge in [0.2, 0.25) is 0 Å². The zero-order valence-electron chi connectivity index (χ0n) is 9.10. The van der Waals surface area contributed by atoms with E-state index >= 15 is 0 Å². The summed E-state index contributed by atoms with van der Waals surface area (Å²) in [6.45, 7) is 2.15. The highest BCUT2D eigenvalue weighted by Gasteiger charge is 2.13. The topological polar surface area (TPSA) is 72.5 Å². The first kappa shape index (κ1) is 12.9. The van der Waals surface area contributed by atoms with E-state index in [0.717, 1.165) is 4.90 Å². The van der Waals surface area contributed by atoms with Gasteiger partial charge in [0.25, 0.3) is 0 Å². The molecule has 0 aliphatic heterocycles. The number of aliphatic hydroxyl groups is 1. The molecule has 1 aromatic rings. The molecule has 5 heteroatoms. The van der Waals surface area contributed by atoms with Crippen LogP contribution in [0.2, 0.25) is 0 Å². The molecular formula is C11H15NO3S. The van der Waals surface area contributed by atoms with E-state index in [1.54, 1.807) is 25.1 Å². The number of ether oxygens (including phenoxy) is 1. The average molecular weight is 241 g/mol. The number of carbonyl (C=O) groups is 1. The molecule has 0 heterocycles. The summed E-state index contributed by atoms with van der Waals surface area (Å²) in [5.41, 5.74) is 6.61. The van der Waals surface area contributed by atoms with E-state index in [1.165, 1.54) is 11.8 Å². The highest BCUT2D eigenvalue weighted by Crippen LogP contribution is 2.25. The molecule has 0 amide bonds. The SMILES string of the molecule is CCOC(=O)c1cc(N)ccc1SCCO. The molecule has 3 N–H and O–H groups in total. The van der Waals surface area contributed by atoms with E-state index in [1.807, 2.05) is 0 Å². The maximum absolute atomic E-state index is 11.6. The number of hydrogen-bond donors (Lipinski definition) is 2. The highest BCUT2D eigenvalue weighted by atomic mass is 32.2. The van der Waals surface area contributed by atoms with Gasteiger partial charge in [-0.25, -0.2) is 4.79 Å². The van der Waals surface area contributed by atoms with Gasteiger partial charge in [-0.1, -0.05) is 0 Å². The first-order valence-electron chi connectivity index (χ1n) is 4.99. The van der Waals surface area contributed by atoms with Crippen LogP contribution in [0, 0.1) is 0 Å². The molecule has 0 spiro atoms. The zero-order valence-corrected chi connectivity index (χ0v) is 9.92. The molecule has 88 valence electrons. The molecule has 0 fully saturated rings. The molecule has 0 bridgehead atoms. The predicted octanol–water partition coefficient (Wildman–Crippen LogP) is 1.53. The van der Waals surface area contributed by atoms with Crippen molar-refractivity contribution in [1.29, 1.82) is 0 Å². The third-order valence-electron chi connectivity index (χ3n) is 1.85. The van der Waals surface area contributed by atoms with Crippen molar-refractivity contribution in [2.45, 2.75) is 11.8 Å². The molecule has 4 nitrogen and oxygen atoms in total. The van der Waals surface area contributed by atoms with Crippen molar-refractivity contribution in [3.05, 3.63) is 23.8 Å². The fourth-order valence-electron chi connectivity index (χ4n) is 1.20. The molecular weight excluding hydrogens is 226 g/mol. The maximum Gasteiger partial charge on any atom is 0.339 e. The van der Waals surface area contributed by atoms with Crippen LogP contribution in [0.25, 0.3) is 0 Å². The Morgan fingerprint density at radius 3 is 2.94 bits per heavy atom. The second-order valence-electron chi connectivity index (χ2n) is 3.05. The second kappa shape index (κ2) is 6.40. The second-order valence-corrected chi connectivity index (χ2v) is 4.18. The molecule has 0 radical (unpaired) electrons. The van der Waals surface area contributed by atoms with Gasteiger partial charge in [-0.3, -0.25) is 0 Å². The number of hydrogen-bond acceptors (Lipinski definition) is 5. The fourth-order valence-corrected chi connectivity index (χ4v) is 1.97. The quantitative estimate of drug-likeness (QED) is 0.464. The summed E-state index contributed by atoms with van der Waals surface area (Å²) in [5, 5.41) is 8.75. The Hall–Kier alpha value is -1.20. The van der Waals surface area contributed by atoms with Crippen LogP contribution in [-0.4, -0.2) is 30.0 Å². The van der Waals surface area contributed by atoms with Crippen molar-refractivity contribution in [1.82, 2.24) is 0 Å². The number of nitrogens with two attached hydrogens (primary N) is 1. The third kappa shape index (κ3) is 3.43. The van der Waals surface area contributed by atoms with Crippen molar-refractivity contribution < 1.29 is 14.6 Å². The summed E-state index contributed by atoms with van der Waals surface area (Å²) in [4.78, 5) is 12.4. The number of anilines is 1. The van der Waals surface area contributed by atoms with E-state index in [-0.39, 0.29) is 12.6 Å². The number of esters is 1. The Kier molecular flexibility index (Phi) is 5.14. The average Bonchev–Trinajstić information content (AvgIpc) is 2.27. The lowest BCUT2D eigenvalue weighted by Crippen LogP contribution is -2.07. The van der Waals surface area contributed by atoms with Crippen LogP contribution in [0.3, 0.4) is 0 Å². The molecule has 1 rings (SSSR count). The number of aliphatic hydroxyl groups excluding tert-OH is 1. The summed E-state index contributed by atoms with van der Waals surface area (Å²) in [6, 6.07) is 5.09. The van der Waals surface area contributed by atoms with Crippen molar-refractivity contribution in [3.8, 4) is 0 Å². The molecule has 1 aromatic carbocycles. The molecule has 0 aliphatic rings. The van der Waals surface area contributed by atoms with Gasteiger partial charge in [0.15, 0.2) is 0 Å². The third-order valence-corrected chi connectivity index (χ3v) is 2.90. The first-order valence-corrected chi connectivity index (χ1v) is 5.98. The molecule has 0 saturated carbocycles. The smallest absolute Gasteiger partial charge is 0.339 e. The summed E-state index contributed by atoms with van der Waals surface area (Å²) in [6.07, 6.45) is 0. The Bertz CT molecular complexity index is 368. The maximum atomic E-state index is 11.6. The van der Waals surface area contributed by atoms with Gasteiger partial charge in [-0.15, -0.1) is 11.8 Å². The van der Waals surface area contributed by atoms with Crippen LogP contribution in [-0.2, 0) is 4.74 Å². The van der Waals surface area contributed by atoms with E-state index in [0.29, 0.717) is 23.6 Å². The fraction of sp³-hybridized carbons (Fsp3) is 0.364. The van der Waals surface area contributed by atoms with Crippen LogP contribution in [0.4, 0.5) is 5.69 Å².